The zero-order chi connectivity index (χ0) is 26.4. The van der Waals surface area contributed by atoms with Crippen LogP contribution in [0.5, 0.6) is 0 Å². The standard InChI is InChI=1S/C31H30ClN3O2/c1-20-4-10-25(11-5-20)22(3)34-19-27-13-15-30(37-27)26-12-14-29(32)28(17-26)31(36)35-21(2)16-23-6-8-24(18-33)9-7-23/h4-15,17,21-22,34H,16,19H2,1-3H3,(H,35,36). The number of nitriles is 1. The highest BCUT2D eigenvalue weighted by Gasteiger charge is 2.16. The van der Waals surface area contributed by atoms with Crippen LogP contribution in [-0.2, 0) is 13.0 Å². The summed E-state index contributed by atoms with van der Waals surface area (Å²) < 4.78 is 6.07. The van der Waals surface area contributed by atoms with Crippen molar-refractivity contribution in [1.29, 1.82) is 5.26 Å². The van der Waals surface area contributed by atoms with Gasteiger partial charge in [0.25, 0.3) is 5.91 Å². The molecular weight excluding hydrogens is 482 g/mol. The van der Waals surface area contributed by atoms with E-state index >= 15 is 0 Å². The third kappa shape index (κ3) is 6.89. The minimum absolute atomic E-state index is 0.114. The molecule has 5 nitrogen and oxygen atoms in total. The van der Waals surface area contributed by atoms with E-state index in [-0.39, 0.29) is 18.0 Å². The van der Waals surface area contributed by atoms with E-state index in [4.69, 9.17) is 21.3 Å². The first-order valence-electron chi connectivity index (χ1n) is 12.3. The number of aryl methyl sites for hydroxylation is 1. The number of carbonyl (C=O) groups excluding carboxylic acids is 1. The number of rotatable bonds is 9. The lowest BCUT2D eigenvalue weighted by atomic mass is 10.0. The molecule has 188 valence electrons. The number of nitrogens with zero attached hydrogens (tertiary/aromatic N) is 1. The second-order valence-corrected chi connectivity index (χ2v) is 9.77. The molecule has 1 aromatic heterocycles. The Morgan fingerprint density at radius 2 is 1.73 bits per heavy atom. The molecule has 2 N–H and O–H groups in total. The summed E-state index contributed by atoms with van der Waals surface area (Å²) in [6, 6.07) is 27.2. The lowest BCUT2D eigenvalue weighted by Gasteiger charge is -2.15. The highest BCUT2D eigenvalue weighted by atomic mass is 35.5. The molecule has 4 aromatic rings. The molecule has 2 atom stereocenters. The van der Waals surface area contributed by atoms with Gasteiger partial charge in [-0.2, -0.15) is 5.26 Å². The van der Waals surface area contributed by atoms with Crippen LogP contribution >= 0.6 is 11.6 Å². The van der Waals surface area contributed by atoms with Crippen molar-refractivity contribution < 1.29 is 9.21 Å². The van der Waals surface area contributed by atoms with Crippen LogP contribution in [0.25, 0.3) is 11.3 Å². The molecule has 0 fully saturated rings. The first kappa shape index (κ1) is 26.2. The molecule has 1 amide bonds. The maximum atomic E-state index is 13.0. The normalized spacial score (nSPS) is 12.5. The van der Waals surface area contributed by atoms with Gasteiger partial charge in [-0.3, -0.25) is 4.79 Å². The van der Waals surface area contributed by atoms with Crippen LogP contribution < -0.4 is 10.6 Å². The summed E-state index contributed by atoms with van der Waals surface area (Å²) in [5, 5.41) is 15.9. The smallest absolute Gasteiger partial charge is 0.253 e. The molecule has 0 aliphatic rings. The largest absolute Gasteiger partial charge is 0.460 e. The molecule has 2 unspecified atom stereocenters. The third-order valence-electron chi connectivity index (χ3n) is 6.32. The Balaban J connectivity index is 1.39. The molecule has 0 bridgehead atoms. The van der Waals surface area contributed by atoms with Crippen LogP contribution in [0.15, 0.2) is 83.3 Å². The third-order valence-corrected chi connectivity index (χ3v) is 6.65. The molecule has 37 heavy (non-hydrogen) atoms. The number of hydrogen-bond donors (Lipinski definition) is 2. The predicted octanol–water partition coefficient (Wildman–Crippen LogP) is 6.99. The molecule has 0 saturated heterocycles. The average molecular weight is 512 g/mol. The molecule has 4 rings (SSSR count). The minimum atomic E-state index is -0.242. The molecule has 0 aliphatic carbocycles. The van der Waals surface area contributed by atoms with E-state index in [1.54, 1.807) is 24.3 Å². The summed E-state index contributed by atoms with van der Waals surface area (Å²) in [6.45, 7) is 6.73. The van der Waals surface area contributed by atoms with Gasteiger partial charge in [0, 0.05) is 17.6 Å². The maximum Gasteiger partial charge on any atom is 0.253 e. The van der Waals surface area contributed by atoms with Gasteiger partial charge in [0.2, 0.25) is 0 Å². The fourth-order valence-corrected chi connectivity index (χ4v) is 4.33. The lowest BCUT2D eigenvalue weighted by molar-refractivity contribution is 0.0940. The lowest BCUT2D eigenvalue weighted by Crippen LogP contribution is -2.34. The summed E-state index contributed by atoms with van der Waals surface area (Å²) in [6.07, 6.45) is 0.643. The number of benzene rings is 3. The number of hydrogen-bond acceptors (Lipinski definition) is 4. The van der Waals surface area contributed by atoms with Crippen molar-refractivity contribution in [3.8, 4) is 17.4 Å². The Hall–Kier alpha value is -3.85. The Kier molecular flexibility index (Phi) is 8.45. The molecule has 0 aliphatic heterocycles. The zero-order valence-electron chi connectivity index (χ0n) is 21.2. The van der Waals surface area contributed by atoms with E-state index in [0.717, 1.165) is 16.9 Å². The van der Waals surface area contributed by atoms with Crippen LogP contribution in [0.3, 0.4) is 0 Å². The molecule has 6 heteroatoms. The van der Waals surface area contributed by atoms with E-state index in [9.17, 15) is 4.79 Å². The fourth-order valence-electron chi connectivity index (χ4n) is 4.13. The first-order valence-corrected chi connectivity index (χ1v) is 12.7. The van der Waals surface area contributed by atoms with E-state index in [1.807, 2.05) is 37.3 Å². The summed E-state index contributed by atoms with van der Waals surface area (Å²) >= 11 is 6.38. The molecule has 1 heterocycles. The van der Waals surface area contributed by atoms with Crippen molar-refractivity contribution in [3.05, 3.63) is 117 Å². The van der Waals surface area contributed by atoms with Crippen molar-refractivity contribution in [2.75, 3.05) is 0 Å². The van der Waals surface area contributed by atoms with Gasteiger partial charge in [-0.25, -0.2) is 0 Å². The van der Waals surface area contributed by atoms with Gasteiger partial charge in [-0.05, 0) is 80.8 Å². The van der Waals surface area contributed by atoms with Crippen molar-refractivity contribution in [3.63, 3.8) is 0 Å². The molecule has 0 spiro atoms. The number of nitrogens with one attached hydrogen (secondary N) is 2. The fraction of sp³-hybridized carbons (Fsp3) is 0.226. The number of amides is 1. The maximum absolute atomic E-state index is 13.0. The van der Waals surface area contributed by atoms with Crippen molar-refractivity contribution in [1.82, 2.24) is 10.6 Å². The number of furan rings is 1. The van der Waals surface area contributed by atoms with Crippen molar-refractivity contribution >= 4 is 17.5 Å². The van der Waals surface area contributed by atoms with Gasteiger partial charge in [-0.1, -0.05) is 53.6 Å². The van der Waals surface area contributed by atoms with Gasteiger partial charge in [0.15, 0.2) is 0 Å². The summed E-state index contributed by atoms with van der Waals surface area (Å²) in [4.78, 5) is 13.0. The Morgan fingerprint density at radius 3 is 2.43 bits per heavy atom. The number of halogens is 1. The topological polar surface area (TPSA) is 78.1 Å². The summed E-state index contributed by atoms with van der Waals surface area (Å²) in [5.41, 5.74) is 5.30. The Bertz CT molecular complexity index is 1400. The molecule has 3 aromatic carbocycles. The SMILES string of the molecule is Cc1ccc(C(C)NCc2ccc(-c3ccc(Cl)c(C(=O)NC(C)Cc4ccc(C#N)cc4)c3)o2)cc1. The first-order chi connectivity index (χ1) is 17.8. The van der Waals surface area contributed by atoms with Gasteiger partial charge in [0.1, 0.15) is 11.5 Å². The molecule has 0 radical (unpaired) electrons. The van der Waals surface area contributed by atoms with Gasteiger partial charge in [-0.15, -0.1) is 0 Å². The van der Waals surface area contributed by atoms with E-state index in [1.165, 1.54) is 11.1 Å². The highest BCUT2D eigenvalue weighted by Crippen LogP contribution is 2.27. The second kappa shape index (κ2) is 11.9. The van der Waals surface area contributed by atoms with Gasteiger partial charge in [0.05, 0.1) is 28.8 Å². The predicted molar refractivity (Wildman–Crippen MR) is 147 cm³/mol. The second-order valence-electron chi connectivity index (χ2n) is 9.36. The average Bonchev–Trinajstić information content (AvgIpc) is 3.37. The summed E-state index contributed by atoms with van der Waals surface area (Å²) in [5.74, 6) is 1.25. The molecule has 0 saturated carbocycles. The number of carbonyl (C=O) groups is 1. The quantitative estimate of drug-likeness (QED) is 0.254. The van der Waals surface area contributed by atoms with Crippen LogP contribution in [0.1, 0.15) is 58.3 Å². The Labute approximate surface area is 223 Å². The van der Waals surface area contributed by atoms with Gasteiger partial charge < -0.3 is 15.1 Å². The van der Waals surface area contributed by atoms with E-state index in [2.05, 4.69) is 54.8 Å². The summed E-state index contributed by atoms with van der Waals surface area (Å²) in [7, 11) is 0. The van der Waals surface area contributed by atoms with Crippen LogP contribution in [0, 0.1) is 18.3 Å². The molecular formula is C31H30ClN3O2. The van der Waals surface area contributed by atoms with E-state index < -0.39 is 0 Å². The van der Waals surface area contributed by atoms with Crippen molar-refractivity contribution in [2.45, 2.75) is 45.8 Å². The highest BCUT2D eigenvalue weighted by molar-refractivity contribution is 6.34. The van der Waals surface area contributed by atoms with Gasteiger partial charge >= 0.3 is 0 Å². The van der Waals surface area contributed by atoms with Crippen molar-refractivity contribution in [2.24, 2.45) is 0 Å². The van der Waals surface area contributed by atoms with Crippen LogP contribution in [0.2, 0.25) is 5.02 Å². The minimum Gasteiger partial charge on any atom is -0.460 e. The van der Waals surface area contributed by atoms with Crippen LogP contribution in [0.4, 0.5) is 0 Å². The Morgan fingerprint density at radius 1 is 1.00 bits per heavy atom. The monoisotopic (exact) mass is 511 g/mol. The zero-order valence-corrected chi connectivity index (χ0v) is 22.0. The van der Waals surface area contributed by atoms with Crippen LogP contribution in [-0.4, -0.2) is 11.9 Å². The van der Waals surface area contributed by atoms with E-state index in [0.29, 0.717) is 34.9 Å².